The molecular formula is C11H13ClN2OS. The van der Waals surface area contributed by atoms with Gasteiger partial charge in [-0.15, -0.1) is 11.8 Å². The Balaban J connectivity index is 1.89. The zero-order chi connectivity index (χ0) is 11.5. The minimum absolute atomic E-state index is 0.154. The van der Waals surface area contributed by atoms with Crippen LogP contribution < -0.4 is 11.1 Å². The fraction of sp³-hybridized carbons (Fsp3) is 0.364. The quantitative estimate of drug-likeness (QED) is 0.645. The lowest BCUT2D eigenvalue weighted by Crippen LogP contribution is -2.27. The molecule has 0 aromatic heterocycles. The molecule has 1 aliphatic heterocycles. The lowest BCUT2D eigenvalue weighted by molar-refractivity contribution is -0.119. The Morgan fingerprint density at radius 1 is 1.56 bits per heavy atom. The van der Waals surface area contributed by atoms with Crippen molar-refractivity contribution in [1.29, 1.82) is 0 Å². The molecule has 0 radical (unpaired) electrons. The molecule has 1 saturated heterocycles. The van der Waals surface area contributed by atoms with Gasteiger partial charge in [0.15, 0.2) is 0 Å². The molecule has 0 bridgehead atoms. The molecule has 86 valence electrons. The van der Waals surface area contributed by atoms with Crippen molar-refractivity contribution in [2.24, 2.45) is 0 Å². The van der Waals surface area contributed by atoms with Crippen molar-refractivity contribution in [2.75, 3.05) is 11.5 Å². The molecule has 0 saturated carbocycles. The lowest BCUT2D eigenvalue weighted by Gasteiger charge is -2.09. The Morgan fingerprint density at radius 3 is 3.00 bits per heavy atom. The van der Waals surface area contributed by atoms with Gasteiger partial charge in [-0.3, -0.25) is 4.79 Å². The van der Waals surface area contributed by atoms with Crippen LogP contribution in [0.5, 0.6) is 0 Å². The third-order valence-corrected chi connectivity index (χ3v) is 3.99. The summed E-state index contributed by atoms with van der Waals surface area (Å²) >= 11 is 7.61. The molecule has 3 nitrogen and oxygen atoms in total. The Morgan fingerprint density at radius 2 is 2.38 bits per heavy atom. The van der Waals surface area contributed by atoms with Crippen molar-refractivity contribution in [1.82, 2.24) is 5.32 Å². The number of anilines is 1. The number of halogens is 1. The number of thioether (sulfide) groups is 1. The largest absolute Gasteiger partial charge is 0.398 e. The molecule has 2 rings (SSSR count). The highest BCUT2D eigenvalue weighted by Gasteiger charge is 2.20. The highest BCUT2D eigenvalue weighted by atomic mass is 35.5. The van der Waals surface area contributed by atoms with Gasteiger partial charge in [-0.2, -0.15) is 0 Å². The summed E-state index contributed by atoms with van der Waals surface area (Å²) in [6, 6.07) is 5.90. The molecule has 1 aliphatic rings. The summed E-state index contributed by atoms with van der Waals surface area (Å²) < 4.78 is 0. The lowest BCUT2D eigenvalue weighted by atomic mass is 10.2. The first-order valence-corrected chi connectivity index (χ1v) is 6.48. The second-order valence-corrected chi connectivity index (χ2v) is 5.30. The van der Waals surface area contributed by atoms with Crippen LogP contribution in [0.4, 0.5) is 5.69 Å². The van der Waals surface area contributed by atoms with E-state index in [1.165, 1.54) is 0 Å². The summed E-state index contributed by atoms with van der Waals surface area (Å²) in [4.78, 5) is 12.1. The van der Waals surface area contributed by atoms with Gasteiger partial charge >= 0.3 is 0 Å². The van der Waals surface area contributed by atoms with Gasteiger partial charge in [0.25, 0.3) is 0 Å². The first-order chi connectivity index (χ1) is 7.65. The summed E-state index contributed by atoms with van der Waals surface area (Å²) in [6.45, 7) is 0. The van der Waals surface area contributed by atoms with E-state index in [1.54, 1.807) is 17.8 Å². The molecule has 5 heteroatoms. The van der Waals surface area contributed by atoms with Crippen LogP contribution in [0.15, 0.2) is 23.1 Å². The summed E-state index contributed by atoms with van der Waals surface area (Å²) in [7, 11) is 0. The van der Waals surface area contributed by atoms with E-state index in [9.17, 15) is 4.79 Å². The smallest absolute Gasteiger partial charge is 0.220 e. The van der Waals surface area contributed by atoms with Gasteiger partial charge in [-0.25, -0.2) is 0 Å². The zero-order valence-corrected chi connectivity index (χ0v) is 10.3. The van der Waals surface area contributed by atoms with E-state index in [1.807, 2.05) is 12.1 Å². The number of nitrogens with one attached hydrogen (secondary N) is 1. The molecule has 1 atom stereocenters. The Labute approximate surface area is 104 Å². The monoisotopic (exact) mass is 256 g/mol. The number of nitrogen functional groups attached to an aromatic ring is 1. The third kappa shape index (κ3) is 2.83. The van der Waals surface area contributed by atoms with Gasteiger partial charge in [0.05, 0.1) is 10.7 Å². The van der Waals surface area contributed by atoms with Gasteiger partial charge in [-0.05, 0) is 24.6 Å². The van der Waals surface area contributed by atoms with Gasteiger partial charge in [0.2, 0.25) is 5.91 Å². The number of amides is 1. The summed E-state index contributed by atoms with van der Waals surface area (Å²) in [5.74, 6) is 1.03. The number of hydrogen-bond acceptors (Lipinski definition) is 3. The molecule has 3 N–H and O–H groups in total. The molecule has 0 spiro atoms. The van der Waals surface area contributed by atoms with E-state index in [2.05, 4.69) is 5.32 Å². The number of nitrogens with two attached hydrogens (primary N) is 1. The summed E-state index contributed by atoms with van der Waals surface area (Å²) in [5, 5.41) is 3.52. The maximum absolute atomic E-state index is 11.0. The second-order valence-electron chi connectivity index (χ2n) is 3.80. The van der Waals surface area contributed by atoms with Crippen molar-refractivity contribution in [2.45, 2.75) is 23.8 Å². The van der Waals surface area contributed by atoms with Gasteiger partial charge in [-0.1, -0.05) is 11.6 Å². The van der Waals surface area contributed by atoms with E-state index in [-0.39, 0.29) is 11.9 Å². The fourth-order valence-corrected chi connectivity index (χ4v) is 2.85. The second kappa shape index (κ2) is 4.97. The Hall–Kier alpha value is -0.870. The molecule has 1 heterocycles. The topological polar surface area (TPSA) is 55.1 Å². The van der Waals surface area contributed by atoms with Crippen molar-refractivity contribution >= 4 is 35.0 Å². The predicted octanol–water partition coefficient (Wildman–Crippen LogP) is 2.29. The van der Waals surface area contributed by atoms with Crippen LogP contribution in [0.2, 0.25) is 5.02 Å². The maximum Gasteiger partial charge on any atom is 0.220 e. The molecular weight excluding hydrogens is 244 g/mol. The average molecular weight is 257 g/mol. The molecule has 1 aromatic rings. The zero-order valence-electron chi connectivity index (χ0n) is 8.70. The third-order valence-electron chi connectivity index (χ3n) is 2.51. The number of carbonyl (C=O) groups is 1. The van der Waals surface area contributed by atoms with Crippen molar-refractivity contribution in [3.05, 3.63) is 23.2 Å². The molecule has 1 fully saturated rings. The van der Waals surface area contributed by atoms with Crippen LogP contribution in [0.1, 0.15) is 12.8 Å². The van der Waals surface area contributed by atoms with E-state index < -0.39 is 0 Å². The van der Waals surface area contributed by atoms with E-state index in [0.717, 1.165) is 17.1 Å². The Kier molecular flexibility index (Phi) is 3.61. The molecule has 1 aromatic carbocycles. The van der Waals surface area contributed by atoms with Crippen molar-refractivity contribution in [3.63, 3.8) is 0 Å². The number of rotatable bonds is 3. The van der Waals surface area contributed by atoms with Crippen LogP contribution in [0, 0.1) is 0 Å². The van der Waals surface area contributed by atoms with Crippen LogP contribution in [-0.2, 0) is 4.79 Å². The number of hydrogen-bond donors (Lipinski definition) is 2. The summed E-state index contributed by atoms with van der Waals surface area (Å²) in [5.41, 5.74) is 6.22. The van der Waals surface area contributed by atoms with Gasteiger partial charge in [0, 0.05) is 23.1 Å². The molecule has 0 aliphatic carbocycles. The van der Waals surface area contributed by atoms with Gasteiger partial charge < -0.3 is 11.1 Å². The van der Waals surface area contributed by atoms with Crippen LogP contribution >= 0.6 is 23.4 Å². The van der Waals surface area contributed by atoms with Crippen molar-refractivity contribution < 1.29 is 4.79 Å². The van der Waals surface area contributed by atoms with E-state index in [0.29, 0.717) is 17.1 Å². The minimum atomic E-state index is 0.154. The normalized spacial score (nSPS) is 19.8. The van der Waals surface area contributed by atoms with Crippen molar-refractivity contribution in [3.8, 4) is 0 Å². The average Bonchev–Trinajstić information content (AvgIpc) is 2.66. The maximum atomic E-state index is 11.0. The van der Waals surface area contributed by atoms with Crippen LogP contribution in [0.25, 0.3) is 0 Å². The van der Waals surface area contributed by atoms with Gasteiger partial charge in [0.1, 0.15) is 0 Å². The summed E-state index contributed by atoms with van der Waals surface area (Å²) in [6.07, 6.45) is 1.57. The SMILES string of the molecule is Nc1ccc(SCC2CCC(=O)N2)cc1Cl. The Bertz CT molecular complexity index is 411. The molecule has 1 amide bonds. The van der Waals surface area contributed by atoms with E-state index in [4.69, 9.17) is 17.3 Å². The standard InChI is InChI=1S/C11H13ClN2OS/c12-9-5-8(2-3-10(9)13)16-6-7-1-4-11(15)14-7/h2-3,5,7H,1,4,6,13H2,(H,14,15). The van der Waals surface area contributed by atoms with E-state index >= 15 is 0 Å². The highest BCUT2D eigenvalue weighted by Crippen LogP contribution is 2.27. The highest BCUT2D eigenvalue weighted by molar-refractivity contribution is 7.99. The first-order valence-electron chi connectivity index (χ1n) is 5.12. The first kappa shape index (κ1) is 11.6. The predicted molar refractivity (Wildman–Crippen MR) is 67.8 cm³/mol. The fourth-order valence-electron chi connectivity index (χ4n) is 1.60. The number of benzene rings is 1. The number of carbonyl (C=O) groups excluding carboxylic acids is 1. The van der Waals surface area contributed by atoms with Crippen LogP contribution in [-0.4, -0.2) is 17.7 Å². The molecule has 16 heavy (non-hydrogen) atoms. The minimum Gasteiger partial charge on any atom is -0.398 e. The molecule has 1 unspecified atom stereocenters. The van der Waals surface area contributed by atoms with Crippen LogP contribution in [0.3, 0.4) is 0 Å².